The molecule has 2 aromatic rings. The summed E-state index contributed by atoms with van der Waals surface area (Å²) >= 11 is 1.46. The van der Waals surface area contributed by atoms with Crippen molar-refractivity contribution in [2.45, 2.75) is 12.0 Å². The van der Waals surface area contributed by atoms with Crippen molar-refractivity contribution in [3.8, 4) is 0 Å². The van der Waals surface area contributed by atoms with Crippen LogP contribution < -0.4 is 11.1 Å². The molecule has 8 heteroatoms. The van der Waals surface area contributed by atoms with Crippen LogP contribution in [-0.4, -0.2) is 35.0 Å². The lowest BCUT2D eigenvalue weighted by molar-refractivity contribution is 0.00886. The molecule has 1 saturated heterocycles. The number of nitrogens with zero attached hydrogens (tertiary/aromatic N) is 2. The van der Waals surface area contributed by atoms with Crippen LogP contribution in [-0.2, 0) is 10.3 Å². The van der Waals surface area contributed by atoms with Gasteiger partial charge in [-0.25, -0.2) is 4.39 Å². The first-order chi connectivity index (χ1) is 13.1. The van der Waals surface area contributed by atoms with Crippen molar-refractivity contribution in [3.05, 3.63) is 59.7 Å². The molecule has 27 heavy (non-hydrogen) atoms. The molecule has 0 unspecified atom stereocenters. The Morgan fingerprint density at radius 3 is 3.07 bits per heavy atom. The summed E-state index contributed by atoms with van der Waals surface area (Å²) in [6, 6.07) is 9.65. The third-order valence-corrected chi connectivity index (χ3v) is 5.91. The van der Waals surface area contributed by atoms with Gasteiger partial charge in [0.15, 0.2) is 5.17 Å². The van der Waals surface area contributed by atoms with Crippen LogP contribution in [0.25, 0.3) is 0 Å². The number of fused-ring (bicyclic) bond motifs is 1. The Bertz CT molecular complexity index is 893. The molecule has 1 aromatic heterocycles. The summed E-state index contributed by atoms with van der Waals surface area (Å²) in [7, 11) is 0. The fourth-order valence-electron chi connectivity index (χ4n) is 3.59. The maximum absolute atomic E-state index is 14.8. The summed E-state index contributed by atoms with van der Waals surface area (Å²) in [5.74, 6) is 0.0385. The SMILES string of the molecule is NC1=N[C@@]2(c3cc(NC(=O)c4ccccn4)ccc3F)CCOC[C@H]2CS1. The molecule has 3 N–H and O–H groups in total. The van der Waals surface area contributed by atoms with Gasteiger partial charge in [-0.3, -0.25) is 14.8 Å². The van der Waals surface area contributed by atoms with E-state index in [0.29, 0.717) is 41.7 Å². The number of anilines is 1. The smallest absolute Gasteiger partial charge is 0.274 e. The van der Waals surface area contributed by atoms with E-state index >= 15 is 0 Å². The van der Waals surface area contributed by atoms with Gasteiger partial charge in [-0.05, 0) is 30.3 Å². The predicted octanol–water partition coefficient (Wildman–Crippen LogP) is 2.77. The van der Waals surface area contributed by atoms with Gasteiger partial charge in [-0.2, -0.15) is 0 Å². The van der Waals surface area contributed by atoms with E-state index in [-0.39, 0.29) is 17.6 Å². The molecule has 2 aliphatic rings. The fourth-order valence-corrected chi connectivity index (χ4v) is 4.56. The number of nitrogens with two attached hydrogens (primary N) is 1. The van der Waals surface area contributed by atoms with E-state index in [0.717, 1.165) is 5.75 Å². The maximum Gasteiger partial charge on any atom is 0.274 e. The van der Waals surface area contributed by atoms with Crippen molar-refractivity contribution in [3.63, 3.8) is 0 Å². The van der Waals surface area contributed by atoms with Crippen molar-refractivity contribution >= 4 is 28.5 Å². The van der Waals surface area contributed by atoms with Crippen molar-refractivity contribution in [2.75, 3.05) is 24.3 Å². The zero-order chi connectivity index (χ0) is 18.9. The Hall–Kier alpha value is -2.45. The number of nitrogens with one attached hydrogen (secondary N) is 1. The van der Waals surface area contributed by atoms with Crippen LogP contribution in [0, 0.1) is 11.7 Å². The Morgan fingerprint density at radius 2 is 2.26 bits per heavy atom. The summed E-state index contributed by atoms with van der Waals surface area (Å²) in [4.78, 5) is 21.1. The molecule has 0 spiro atoms. The second-order valence-corrected chi connectivity index (χ2v) is 7.61. The molecular weight excluding hydrogens is 367 g/mol. The van der Waals surface area contributed by atoms with Gasteiger partial charge in [0, 0.05) is 42.1 Å². The van der Waals surface area contributed by atoms with Crippen LogP contribution in [0.2, 0.25) is 0 Å². The summed E-state index contributed by atoms with van der Waals surface area (Å²) < 4.78 is 20.4. The number of hydrogen-bond donors (Lipinski definition) is 2. The molecule has 1 aromatic carbocycles. The van der Waals surface area contributed by atoms with Crippen molar-refractivity contribution in [1.29, 1.82) is 0 Å². The van der Waals surface area contributed by atoms with Crippen molar-refractivity contribution in [1.82, 2.24) is 4.98 Å². The number of aliphatic imine (C=N–C) groups is 1. The highest BCUT2D eigenvalue weighted by molar-refractivity contribution is 8.13. The average Bonchev–Trinajstić information content (AvgIpc) is 2.69. The second-order valence-electron chi connectivity index (χ2n) is 6.57. The largest absolute Gasteiger partial charge is 0.381 e. The summed E-state index contributed by atoms with van der Waals surface area (Å²) in [6.45, 7) is 0.996. The molecule has 2 atom stereocenters. The zero-order valence-corrected chi connectivity index (χ0v) is 15.3. The minimum absolute atomic E-state index is 0.0276. The molecule has 2 aliphatic heterocycles. The number of rotatable bonds is 3. The van der Waals surface area contributed by atoms with Gasteiger partial charge in [-0.1, -0.05) is 17.8 Å². The number of carbonyl (C=O) groups excluding carboxylic acids is 1. The molecule has 0 aliphatic carbocycles. The number of ether oxygens (including phenoxy) is 1. The van der Waals surface area contributed by atoms with Gasteiger partial charge >= 0.3 is 0 Å². The summed E-state index contributed by atoms with van der Waals surface area (Å²) in [5, 5.41) is 3.24. The average molecular weight is 386 g/mol. The standard InChI is InChI=1S/C19H19FN4O2S/c20-15-5-4-13(23-17(25)16-3-1-2-7-22-16)9-14(15)19-6-8-26-10-12(19)11-27-18(21)24-19/h1-5,7,9,12H,6,8,10-11H2,(H2,21,24)(H,23,25)/t12-,19-/m0/s1. The summed E-state index contributed by atoms with van der Waals surface area (Å²) in [6.07, 6.45) is 2.10. The highest BCUT2D eigenvalue weighted by Crippen LogP contribution is 2.46. The second kappa shape index (κ2) is 7.28. The Morgan fingerprint density at radius 1 is 1.37 bits per heavy atom. The molecule has 4 rings (SSSR count). The number of hydrogen-bond acceptors (Lipinski definition) is 6. The number of aromatic nitrogens is 1. The van der Waals surface area contributed by atoms with Crippen LogP contribution in [0.3, 0.4) is 0 Å². The number of carbonyl (C=O) groups is 1. The van der Waals surface area contributed by atoms with E-state index in [4.69, 9.17) is 10.5 Å². The lowest BCUT2D eigenvalue weighted by Gasteiger charge is -2.44. The number of amidine groups is 1. The van der Waals surface area contributed by atoms with Gasteiger partial charge in [0.2, 0.25) is 0 Å². The zero-order valence-electron chi connectivity index (χ0n) is 14.5. The van der Waals surface area contributed by atoms with Crippen molar-refractivity contribution < 1.29 is 13.9 Å². The van der Waals surface area contributed by atoms with E-state index in [1.54, 1.807) is 30.5 Å². The molecule has 0 bridgehead atoms. The number of pyridine rings is 1. The van der Waals surface area contributed by atoms with E-state index in [1.165, 1.54) is 23.9 Å². The highest BCUT2D eigenvalue weighted by Gasteiger charge is 2.47. The number of thioether (sulfide) groups is 1. The Balaban J connectivity index is 1.70. The van der Waals surface area contributed by atoms with Gasteiger partial charge in [-0.15, -0.1) is 0 Å². The van der Waals surface area contributed by atoms with Crippen molar-refractivity contribution in [2.24, 2.45) is 16.6 Å². The van der Waals surface area contributed by atoms with Gasteiger partial charge in [0.25, 0.3) is 5.91 Å². The van der Waals surface area contributed by atoms with E-state index < -0.39 is 5.54 Å². The van der Waals surface area contributed by atoms with Gasteiger partial charge in [0.05, 0.1) is 12.1 Å². The first-order valence-electron chi connectivity index (χ1n) is 8.67. The van der Waals surface area contributed by atoms with Crippen LogP contribution in [0.15, 0.2) is 47.6 Å². The Kier molecular flexibility index (Phi) is 4.84. The van der Waals surface area contributed by atoms with Crippen LogP contribution >= 0.6 is 11.8 Å². The molecule has 0 radical (unpaired) electrons. The fraction of sp³-hybridized carbons (Fsp3) is 0.316. The first-order valence-corrected chi connectivity index (χ1v) is 9.65. The highest BCUT2D eigenvalue weighted by atomic mass is 32.2. The van der Waals surface area contributed by atoms with Crippen LogP contribution in [0.1, 0.15) is 22.5 Å². The Labute approximate surface area is 160 Å². The monoisotopic (exact) mass is 386 g/mol. The third kappa shape index (κ3) is 3.42. The molecular formula is C19H19FN4O2S. The van der Waals surface area contributed by atoms with E-state index in [2.05, 4.69) is 15.3 Å². The number of amides is 1. The molecule has 6 nitrogen and oxygen atoms in total. The quantitative estimate of drug-likeness (QED) is 0.847. The van der Waals surface area contributed by atoms with Gasteiger partial charge < -0.3 is 15.8 Å². The number of halogens is 1. The van der Waals surface area contributed by atoms with E-state index in [1.807, 2.05) is 0 Å². The maximum atomic E-state index is 14.8. The third-order valence-electron chi connectivity index (χ3n) is 4.95. The molecule has 140 valence electrons. The minimum Gasteiger partial charge on any atom is -0.381 e. The predicted molar refractivity (Wildman–Crippen MR) is 103 cm³/mol. The number of benzene rings is 1. The minimum atomic E-state index is -0.761. The lowest BCUT2D eigenvalue weighted by Crippen LogP contribution is -2.47. The molecule has 1 amide bonds. The lowest BCUT2D eigenvalue weighted by atomic mass is 9.75. The molecule has 1 fully saturated rings. The van der Waals surface area contributed by atoms with Crippen LogP contribution in [0.5, 0.6) is 0 Å². The normalized spacial score (nSPS) is 24.6. The van der Waals surface area contributed by atoms with E-state index in [9.17, 15) is 9.18 Å². The topological polar surface area (TPSA) is 89.6 Å². The summed E-state index contributed by atoms with van der Waals surface area (Å²) in [5.41, 5.74) is 6.45. The van der Waals surface area contributed by atoms with Gasteiger partial charge in [0.1, 0.15) is 11.5 Å². The van der Waals surface area contributed by atoms with Crippen LogP contribution in [0.4, 0.5) is 10.1 Å². The first kappa shape index (κ1) is 17.9. The molecule has 0 saturated carbocycles. The molecule has 3 heterocycles.